The van der Waals surface area contributed by atoms with E-state index in [4.69, 9.17) is 10.9 Å². The van der Waals surface area contributed by atoms with Gasteiger partial charge in [-0.3, -0.25) is 41.3 Å². The van der Waals surface area contributed by atoms with Gasteiger partial charge in [0.1, 0.15) is 12.3 Å². The first kappa shape index (κ1) is 27.8. The quantitative estimate of drug-likeness (QED) is 0.0931. The number of nitrogens with two attached hydrogens (primary N) is 1. The van der Waals surface area contributed by atoms with E-state index in [1.807, 2.05) is 12.1 Å². The summed E-state index contributed by atoms with van der Waals surface area (Å²) in [5.74, 6) is -0.535. The molecule has 0 spiro atoms. The van der Waals surface area contributed by atoms with Crippen LogP contribution in [0.3, 0.4) is 0 Å². The number of nitrogens with one attached hydrogen (secondary N) is 7. The Morgan fingerprint density at radius 1 is 1.00 bits per heavy atom. The number of carbonyl (C=O) groups is 3. The second-order valence-electron chi connectivity index (χ2n) is 9.35. The van der Waals surface area contributed by atoms with Crippen molar-refractivity contribution in [3.8, 4) is 0 Å². The number of hydrogen-bond acceptors (Lipinski definition) is 9. The van der Waals surface area contributed by atoms with E-state index in [0.29, 0.717) is 31.6 Å². The summed E-state index contributed by atoms with van der Waals surface area (Å²) in [4.78, 5) is 35.5. The molecule has 1 aromatic carbocycles. The van der Waals surface area contributed by atoms with Crippen LogP contribution in [0.25, 0.3) is 0 Å². The molecule has 36 heavy (non-hydrogen) atoms. The van der Waals surface area contributed by atoms with Gasteiger partial charge in [0.15, 0.2) is 0 Å². The summed E-state index contributed by atoms with van der Waals surface area (Å²) in [7, 11) is 0. The molecule has 0 aliphatic carbocycles. The maximum Gasteiger partial charge on any atom is 0.251 e. The molecule has 1 aromatic rings. The summed E-state index contributed by atoms with van der Waals surface area (Å²) >= 11 is 0. The molecule has 4 unspecified atom stereocenters. The van der Waals surface area contributed by atoms with Gasteiger partial charge in [-0.05, 0) is 37.1 Å². The SMILES string of the molecule is NC1NC(=O)C2NC(CNc3ccc(C(=O)NCCCCCCCCCC(=O)NO)cc3)CNC2N1. The standard InChI is InChI=1S/C24H40N8O4/c25-24-30-21-20(23(35)31-24)29-18(15-28-21)14-27-17-11-9-16(10-12-17)22(34)26-13-7-5-3-1-2-4-6-8-19(33)32-36/h9-12,18,20-21,24,27-30,36H,1-8,13-15,25H2,(H,26,34)(H,31,35)(H,32,33). The summed E-state index contributed by atoms with van der Waals surface area (Å²) in [6.07, 6.45) is 6.66. The normalized spacial score (nSPS) is 23.3. The minimum absolute atomic E-state index is 0.0591. The fourth-order valence-electron chi connectivity index (χ4n) is 4.42. The maximum absolute atomic E-state index is 12.4. The number of anilines is 1. The van der Waals surface area contributed by atoms with E-state index in [1.54, 1.807) is 17.6 Å². The molecule has 0 aromatic heterocycles. The summed E-state index contributed by atoms with van der Waals surface area (Å²) in [5.41, 5.74) is 8.91. The van der Waals surface area contributed by atoms with Crippen LogP contribution in [0.1, 0.15) is 61.7 Å². The molecule has 2 aliphatic rings. The molecule has 0 bridgehead atoms. The Hall–Kier alpha value is -2.77. The van der Waals surface area contributed by atoms with Crippen molar-refractivity contribution in [3.05, 3.63) is 29.8 Å². The van der Waals surface area contributed by atoms with Crippen molar-refractivity contribution in [2.24, 2.45) is 5.73 Å². The summed E-state index contributed by atoms with van der Waals surface area (Å²) in [6.45, 7) is 1.95. The van der Waals surface area contributed by atoms with Crippen LogP contribution >= 0.6 is 0 Å². The summed E-state index contributed by atoms with van der Waals surface area (Å²) in [6, 6.07) is 7.04. The number of carbonyl (C=O) groups excluding carboxylic acids is 3. The molecular weight excluding hydrogens is 464 g/mol. The number of hydrogen-bond donors (Lipinski definition) is 9. The molecule has 12 heteroatoms. The van der Waals surface area contributed by atoms with Crippen LogP contribution in [0.15, 0.2) is 24.3 Å². The monoisotopic (exact) mass is 504 g/mol. The molecule has 0 radical (unpaired) electrons. The van der Waals surface area contributed by atoms with Crippen molar-refractivity contribution in [1.29, 1.82) is 0 Å². The molecule has 2 saturated heterocycles. The van der Waals surface area contributed by atoms with Crippen LogP contribution in [0.2, 0.25) is 0 Å². The maximum atomic E-state index is 12.4. The number of hydroxylamine groups is 1. The van der Waals surface area contributed by atoms with Crippen LogP contribution in [0.4, 0.5) is 5.69 Å². The van der Waals surface area contributed by atoms with Gasteiger partial charge in [0.25, 0.3) is 5.91 Å². The van der Waals surface area contributed by atoms with Gasteiger partial charge in [0.2, 0.25) is 11.8 Å². The fraction of sp³-hybridized carbons (Fsp3) is 0.625. The van der Waals surface area contributed by atoms with E-state index in [2.05, 4.69) is 31.9 Å². The van der Waals surface area contributed by atoms with Crippen molar-refractivity contribution in [3.63, 3.8) is 0 Å². The molecule has 2 heterocycles. The topological polar surface area (TPSA) is 182 Å². The summed E-state index contributed by atoms with van der Waals surface area (Å²) in [5, 5.41) is 27.2. The number of fused-ring (bicyclic) bond motifs is 1. The van der Waals surface area contributed by atoms with Gasteiger partial charge in [-0.2, -0.15) is 0 Å². The van der Waals surface area contributed by atoms with Crippen molar-refractivity contribution < 1.29 is 19.6 Å². The van der Waals surface area contributed by atoms with Gasteiger partial charge in [0.05, 0.1) is 6.17 Å². The largest absolute Gasteiger partial charge is 0.383 e. The minimum atomic E-state index is -0.546. The first-order chi connectivity index (χ1) is 17.5. The predicted molar refractivity (Wildman–Crippen MR) is 136 cm³/mol. The van der Waals surface area contributed by atoms with Crippen LogP contribution in [0.5, 0.6) is 0 Å². The zero-order chi connectivity index (χ0) is 25.8. The Balaban J connectivity index is 1.25. The molecule has 3 amide bonds. The van der Waals surface area contributed by atoms with Crippen molar-refractivity contribution in [2.75, 3.05) is 25.0 Å². The molecule has 200 valence electrons. The molecule has 12 nitrogen and oxygen atoms in total. The number of rotatable bonds is 14. The Morgan fingerprint density at radius 2 is 1.69 bits per heavy atom. The average Bonchev–Trinajstić information content (AvgIpc) is 2.88. The van der Waals surface area contributed by atoms with Gasteiger partial charge >= 0.3 is 0 Å². The molecule has 3 rings (SSSR count). The molecule has 2 fully saturated rings. The molecule has 4 atom stereocenters. The van der Waals surface area contributed by atoms with E-state index < -0.39 is 6.29 Å². The van der Waals surface area contributed by atoms with E-state index in [1.165, 1.54) is 0 Å². The predicted octanol–water partition coefficient (Wildman–Crippen LogP) is -0.328. The van der Waals surface area contributed by atoms with Gasteiger partial charge in [-0.1, -0.05) is 32.1 Å². The zero-order valence-electron chi connectivity index (χ0n) is 20.6. The lowest BCUT2D eigenvalue weighted by Gasteiger charge is -2.42. The minimum Gasteiger partial charge on any atom is -0.383 e. The lowest BCUT2D eigenvalue weighted by atomic mass is 10.1. The number of piperazine rings is 1. The Morgan fingerprint density at radius 3 is 2.42 bits per heavy atom. The van der Waals surface area contributed by atoms with Crippen LogP contribution in [0, 0.1) is 0 Å². The fourth-order valence-corrected chi connectivity index (χ4v) is 4.42. The first-order valence-corrected chi connectivity index (χ1v) is 12.8. The smallest absolute Gasteiger partial charge is 0.251 e. The lowest BCUT2D eigenvalue weighted by Crippen LogP contribution is -2.78. The Kier molecular flexibility index (Phi) is 11.4. The Labute approximate surface area is 211 Å². The molecule has 0 saturated carbocycles. The van der Waals surface area contributed by atoms with Crippen molar-refractivity contribution in [2.45, 2.75) is 75.9 Å². The third-order valence-corrected chi connectivity index (χ3v) is 6.46. The van der Waals surface area contributed by atoms with E-state index in [0.717, 1.165) is 50.6 Å². The highest BCUT2D eigenvalue weighted by molar-refractivity contribution is 5.94. The number of amides is 3. The highest BCUT2D eigenvalue weighted by Crippen LogP contribution is 2.12. The summed E-state index contributed by atoms with van der Waals surface area (Å²) < 4.78 is 0. The average molecular weight is 505 g/mol. The van der Waals surface area contributed by atoms with Crippen molar-refractivity contribution in [1.82, 2.24) is 32.1 Å². The zero-order valence-corrected chi connectivity index (χ0v) is 20.6. The second-order valence-corrected chi connectivity index (χ2v) is 9.35. The van der Waals surface area contributed by atoms with Crippen molar-refractivity contribution >= 4 is 23.4 Å². The van der Waals surface area contributed by atoms with E-state index in [-0.39, 0.29) is 36.0 Å². The van der Waals surface area contributed by atoms with Crippen LogP contribution in [-0.4, -0.2) is 67.1 Å². The lowest BCUT2D eigenvalue weighted by molar-refractivity contribution is -0.129. The van der Waals surface area contributed by atoms with Gasteiger partial charge in [-0.15, -0.1) is 0 Å². The van der Waals surface area contributed by atoms with Crippen LogP contribution in [-0.2, 0) is 9.59 Å². The Bertz CT molecular complexity index is 853. The molecular formula is C24H40N8O4. The van der Waals surface area contributed by atoms with E-state index >= 15 is 0 Å². The number of benzene rings is 1. The molecule has 2 aliphatic heterocycles. The van der Waals surface area contributed by atoms with Gasteiger partial charge in [0, 0.05) is 43.3 Å². The van der Waals surface area contributed by atoms with E-state index in [9.17, 15) is 14.4 Å². The highest BCUT2D eigenvalue weighted by Gasteiger charge is 2.38. The third-order valence-electron chi connectivity index (χ3n) is 6.46. The van der Waals surface area contributed by atoms with Gasteiger partial charge in [-0.25, -0.2) is 5.48 Å². The number of unbranched alkanes of at least 4 members (excludes halogenated alkanes) is 6. The molecule has 10 N–H and O–H groups in total. The van der Waals surface area contributed by atoms with Gasteiger partial charge < -0.3 is 16.0 Å². The highest BCUT2D eigenvalue weighted by atomic mass is 16.5. The second kappa shape index (κ2) is 14.7. The first-order valence-electron chi connectivity index (χ1n) is 12.8. The third kappa shape index (κ3) is 9.03. The van der Waals surface area contributed by atoms with Crippen LogP contribution < -0.4 is 43.1 Å².